The maximum atomic E-state index is 2.45. The van der Waals surface area contributed by atoms with Crippen molar-refractivity contribution in [1.29, 1.82) is 0 Å². The van der Waals surface area contributed by atoms with Gasteiger partial charge in [0.15, 0.2) is 0 Å². The van der Waals surface area contributed by atoms with Crippen LogP contribution in [0, 0.1) is 11.8 Å². The maximum Gasteiger partial charge on any atom is -0.0202 e. The van der Waals surface area contributed by atoms with E-state index in [1.165, 1.54) is 38.5 Å². The molecule has 0 aromatic carbocycles. The van der Waals surface area contributed by atoms with E-state index in [1.807, 2.05) is 0 Å². The lowest BCUT2D eigenvalue weighted by Crippen LogP contribution is -1.75. The summed E-state index contributed by atoms with van der Waals surface area (Å²) >= 11 is 0. The summed E-state index contributed by atoms with van der Waals surface area (Å²) in [4.78, 5) is 0. The van der Waals surface area contributed by atoms with Gasteiger partial charge >= 0.3 is 0 Å². The molecule has 0 heterocycles. The Labute approximate surface area is 77.1 Å². The first kappa shape index (κ1) is 9.83. The summed E-state index contributed by atoms with van der Waals surface area (Å²) in [7, 11) is 0. The summed E-state index contributed by atoms with van der Waals surface area (Å²) in [6.45, 7) is 4.56. The molecule has 0 aliphatic heterocycles. The first-order valence-electron chi connectivity index (χ1n) is 5.55. The van der Waals surface area contributed by atoms with E-state index in [0.29, 0.717) is 0 Å². The van der Waals surface area contributed by atoms with Crippen molar-refractivity contribution >= 4 is 0 Å². The molecule has 0 N–H and O–H groups in total. The Balaban J connectivity index is 1.93. The van der Waals surface area contributed by atoms with Crippen LogP contribution in [0.25, 0.3) is 0 Å². The van der Waals surface area contributed by atoms with Crippen LogP contribution in [0.15, 0.2) is 12.2 Å². The third-order valence-corrected chi connectivity index (χ3v) is 2.86. The molecular formula is C12H22. The number of allylic oxidation sites excluding steroid dienone is 2. The number of unbranched alkanes of at least 4 members (excludes halogenated alkanes) is 3. The Bertz CT molecular complexity index is 135. The standard InChI is InChI=1S/C12H22/c1-3-5-6-7-8-9-12-10-11(12)4-2/h8-9,11-12H,3-7,10H2,1-2H3. The summed E-state index contributed by atoms with van der Waals surface area (Å²) in [5.74, 6) is 1.99. The van der Waals surface area contributed by atoms with Gasteiger partial charge in [-0.1, -0.05) is 45.3 Å². The third-order valence-electron chi connectivity index (χ3n) is 2.86. The molecule has 2 unspecified atom stereocenters. The molecule has 1 fully saturated rings. The minimum absolute atomic E-state index is 0.955. The molecule has 12 heavy (non-hydrogen) atoms. The fourth-order valence-corrected chi connectivity index (χ4v) is 1.76. The van der Waals surface area contributed by atoms with Gasteiger partial charge in [-0.3, -0.25) is 0 Å². The summed E-state index contributed by atoms with van der Waals surface area (Å²) in [6, 6.07) is 0. The van der Waals surface area contributed by atoms with E-state index in [1.54, 1.807) is 0 Å². The van der Waals surface area contributed by atoms with E-state index in [4.69, 9.17) is 0 Å². The molecule has 0 radical (unpaired) electrons. The molecule has 1 rings (SSSR count). The second kappa shape index (κ2) is 5.40. The average molecular weight is 166 g/mol. The average Bonchev–Trinajstić information content (AvgIpc) is 2.83. The van der Waals surface area contributed by atoms with Gasteiger partial charge in [-0.15, -0.1) is 0 Å². The first-order chi connectivity index (χ1) is 5.88. The number of hydrogen-bond acceptors (Lipinski definition) is 0. The van der Waals surface area contributed by atoms with Crippen molar-refractivity contribution in [3.05, 3.63) is 12.2 Å². The van der Waals surface area contributed by atoms with Crippen molar-refractivity contribution in [1.82, 2.24) is 0 Å². The van der Waals surface area contributed by atoms with Gasteiger partial charge in [0.05, 0.1) is 0 Å². The van der Waals surface area contributed by atoms with E-state index in [-0.39, 0.29) is 0 Å². The molecule has 0 saturated heterocycles. The van der Waals surface area contributed by atoms with Crippen molar-refractivity contribution in [2.75, 3.05) is 0 Å². The van der Waals surface area contributed by atoms with Gasteiger partial charge in [0.1, 0.15) is 0 Å². The summed E-state index contributed by atoms with van der Waals surface area (Å²) in [5.41, 5.74) is 0. The van der Waals surface area contributed by atoms with Crippen LogP contribution in [0.2, 0.25) is 0 Å². The van der Waals surface area contributed by atoms with Crippen molar-refractivity contribution in [3.63, 3.8) is 0 Å². The van der Waals surface area contributed by atoms with E-state index < -0.39 is 0 Å². The molecule has 0 spiro atoms. The predicted molar refractivity (Wildman–Crippen MR) is 55.2 cm³/mol. The summed E-state index contributed by atoms with van der Waals surface area (Å²) in [5, 5.41) is 0. The molecule has 0 heteroatoms. The number of rotatable bonds is 6. The number of hydrogen-bond donors (Lipinski definition) is 0. The molecular weight excluding hydrogens is 144 g/mol. The molecule has 1 aliphatic carbocycles. The zero-order valence-corrected chi connectivity index (χ0v) is 8.55. The van der Waals surface area contributed by atoms with Gasteiger partial charge in [-0.2, -0.15) is 0 Å². The minimum Gasteiger partial charge on any atom is -0.0882 e. The zero-order valence-electron chi connectivity index (χ0n) is 8.55. The zero-order chi connectivity index (χ0) is 8.81. The molecule has 0 nitrogen and oxygen atoms in total. The lowest BCUT2D eigenvalue weighted by Gasteiger charge is -1.91. The molecule has 0 amide bonds. The minimum atomic E-state index is 0.955. The van der Waals surface area contributed by atoms with Gasteiger partial charge in [-0.25, -0.2) is 0 Å². The maximum absolute atomic E-state index is 2.45. The highest BCUT2D eigenvalue weighted by molar-refractivity contribution is 5.01. The predicted octanol–water partition coefficient (Wildman–Crippen LogP) is 4.17. The Hall–Kier alpha value is -0.260. The third kappa shape index (κ3) is 3.42. The summed E-state index contributed by atoms with van der Waals surface area (Å²) < 4.78 is 0. The molecule has 0 aromatic rings. The molecule has 2 atom stereocenters. The molecule has 70 valence electrons. The highest BCUT2D eigenvalue weighted by Gasteiger charge is 2.32. The van der Waals surface area contributed by atoms with Gasteiger partial charge in [0.25, 0.3) is 0 Å². The van der Waals surface area contributed by atoms with Gasteiger partial charge in [0, 0.05) is 0 Å². The fourth-order valence-electron chi connectivity index (χ4n) is 1.76. The van der Waals surface area contributed by atoms with Crippen LogP contribution in [0.3, 0.4) is 0 Å². The monoisotopic (exact) mass is 166 g/mol. The van der Waals surface area contributed by atoms with Gasteiger partial charge in [0.2, 0.25) is 0 Å². The lowest BCUT2D eigenvalue weighted by molar-refractivity contribution is 0.722. The first-order valence-corrected chi connectivity index (χ1v) is 5.55. The largest absolute Gasteiger partial charge is 0.0882 e. The highest BCUT2D eigenvalue weighted by Crippen LogP contribution is 2.41. The van der Waals surface area contributed by atoms with Crippen LogP contribution in [-0.4, -0.2) is 0 Å². The molecule has 0 aromatic heterocycles. The Kier molecular flexibility index (Phi) is 4.42. The normalized spacial score (nSPS) is 28.2. The smallest absolute Gasteiger partial charge is 0.0202 e. The van der Waals surface area contributed by atoms with E-state index in [2.05, 4.69) is 26.0 Å². The molecule has 1 aliphatic rings. The van der Waals surface area contributed by atoms with Crippen LogP contribution >= 0.6 is 0 Å². The van der Waals surface area contributed by atoms with Crippen molar-refractivity contribution in [3.8, 4) is 0 Å². The quantitative estimate of drug-likeness (QED) is 0.410. The second-order valence-corrected chi connectivity index (χ2v) is 3.99. The van der Waals surface area contributed by atoms with Crippen molar-refractivity contribution < 1.29 is 0 Å². The van der Waals surface area contributed by atoms with Crippen LogP contribution in [0.1, 0.15) is 52.4 Å². The Morgan fingerprint density at radius 2 is 2.08 bits per heavy atom. The van der Waals surface area contributed by atoms with Crippen molar-refractivity contribution in [2.45, 2.75) is 52.4 Å². The van der Waals surface area contributed by atoms with E-state index in [9.17, 15) is 0 Å². The lowest BCUT2D eigenvalue weighted by atomic mass is 10.2. The topological polar surface area (TPSA) is 0 Å². The van der Waals surface area contributed by atoms with Crippen LogP contribution < -0.4 is 0 Å². The Morgan fingerprint density at radius 3 is 2.67 bits per heavy atom. The van der Waals surface area contributed by atoms with Crippen LogP contribution in [0.5, 0.6) is 0 Å². The van der Waals surface area contributed by atoms with Gasteiger partial charge in [-0.05, 0) is 31.1 Å². The Morgan fingerprint density at radius 1 is 1.25 bits per heavy atom. The molecule has 1 saturated carbocycles. The fraction of sp³-hybridized carbons (Fsp3) is 0.833. The van der Waals surface area contributed by atoms with E-state index >= 15 is 0 Å². The van der Waals surface area contributed by atoms with Crippen LogP contribution in [0.4, 0.5) is 0 Å². The van der Waals surface area contributed by atoms with Gasteiger partial charge < -0.3 is 0 Å². The highest BCUT2D eigenvalue weighted by atomic mass is 14.4. The van der Waals surface area contributed by atoms with Crippen LogP contribution in [-0.2, 0) is 0 Å². The van der Waals surface area contributed by atoms with Crippen molar-refractivity contribution in [2.24, 2.45) is 11.8 Å². The van der Waals surface area contributed by atoms with E-state index in [0.717, 1.165) is 11.8 Å². The SMILES string of the molecule is CCCCCC=CC1CC1CC. The molecule has 0 bridgehead atoms. The summed E-state index contributed by atoms with van der Waals surface area (Å²) in [6.07, 6.45) is 13.1. The second-order valence-electron chi connectivity index (χ2n) is 3.99.